The Hall–Kier alpha value is -3.97. The van der Waals surface area contributed by atoms with Crippen LogP contribution in [0.5, 0.6) is 0 Å². The predicted octanol–water partition coefficient (Wildman–Crippen LogP) is 4.72. The van der Waals surface area contributed by atoms with E-state index in [2.05, 4.69) is 58.1 Å². The van der Waals surface area contributed by atoms with Gasteiger partial charge in [-0.2, -0.15) is 4.68 Å². The van der Waals surface area contributed by atoms with Crippen LogP contribution < -0.4 is 10.2 Å². The molecule has 7 nitrogen and oxygen atoms in total. The molecule has 0 unspecified atom stereocenters. The smallest absolute Gasteiger partial charge is 0.251 e. The molecule has 0 saturated carbocycles. The third kappa shape index (κ3) is 4.23. The van der Waals surface area contributed by atoms with Gasteiger partial charge in [0.2, 0.25) is 5.91 Å². The van der Waals surface area contributed by atoms with Gasteiger partial charge in [-0.05, 0) is 46.7 Å². The summed E-state index contributed by atoms with van der Waals surface area (Å²) in [4.78, 5) is 14.8. The number of hydrogen-bond acceptors (Lipinski definition) is 5. The number of halogens is 1. The molecule has 0 saturated heterocycles. The number of allylic oxidation sites excluding steroid dienone is 1. The average molecular weight is 457 g/mol. The molecule has 1 atom stereocenters. The molecule has 5 rings (SSSR count). The van der Waals surface area contributed by atoms with E-state index in [1.807, 2.05) is 47.4 Å². The summed E-state index contributed by atoms with van der Waals surface area (Å²) in [5, 5.41) is 15.8. The molecule has 1 N–H and O–H groups in total. The summed E-state index contributed by atoms with van der Waals surface area (Å²) in [6.07, 6.45) is 2.09. The molecular weight excluding hydrogens is 436 g/mol. The van der Waals surface area contributed by atoms with E-state index < -0.39 is 0 Å². The Morgan fingerprint density at radius 1 is 1.00 bits per heavy atom. The van der Waals surface area contributed by atoms with Crippen LogP contribution in [0, 0.1) is 6.92 Å². The van der Waals surface area contributed by atoms with Gasteiger partial charge in [-0.25, -0.2) is 0 Å². The van der Waals surface area contributed by atoms with Gasteiger partial charge in [0.15, 0.2) is 0 Å². The quantitative estimate of drug-likeness (QED) is 0.470. The van der Waals surface area contributed by atoms with Gasteiger partial charge in [0.25, 0.3) is 5.95 Å². The van der Waals surface area contributed by atoms with Gasteiger partial charge in [0.05, 0.1) is 16.4 Å². The van der Waals surface area contributed by atoms with Gasteiger partial charge in [0.1, 0.15) is 12.6 Å². The summed E-state index contributed by atoms with van der Waals surface area (Å²) in [6.45, 7) is 2.07. The van der Waals surface area contributed by atoms with Crippen molar-refractivity contribution in [1.82, 2.24) is 20.2 Å². The van der Waals surface area contributed by atoms with Gasteiger partial charge in [0, 0.05) is 0 Å². The molecule has 164 valence electrons. The number of amides is 1. The fourth-order valence-electron chi connectivity index (χ4n) is 3.88. The van der Waals surface area contributed by atoms with Crippen molar-refractivity contribution in [3.8, 4) is 0 Å². The lowest BCUT2D eigenvalue weighted by atomic mass is 10.00. The van der Waals surface area contributed by atoms with Crippen molar-refractivity contribution in [2.24, 2.45) is 0 Å². The number of anilines is 2. The van der Waals surface area contributed by atoms with Crippen molar-refractivity contribution < 1.29 is 4.79 Å². The Bertz CT molecular complexity index is 1320. The third-order valence-corrected chi connectivity index (χ3v) is 5.85. The normalized spacial score (nSPS) is 15.0. The predicted molar refractivity (Wildman–Crippen MR) is 129 cm³/mol. The van der Waals surface area contributed by atoms with Crippen molar-refractivity contribution in [3.05, 3.63) is 107 Å². The van der Waals surface area contributed by atoms with E-state index in [0.717, 1.165) is 16.8 Å². The average Bonchev–Trinajstić information content (AvgIpc) is 3.32. The highest BCUT2D eigenvalue weighted by molar-refractivity contribution is 6.33. The van der Waals surface area contributed by atoms with Crippen LogP contribution >= 0.6 is 11.6 Å². The number of aromatic nitrogens is 4. The number of fused-ring (bicyclic) bond motifs is 1. The number of tetrazole rings is 1. The van der Waals surface area contributed by atoms with Crippen LogP contribution in [0.1, 0.15) is 22.7 Å². The van der Waals surface area contributed by atoms with E-state index >= 15 is 0 Å². The number of benzene rings is 3. The first-order chi connectivity index (χ1) is 16.1. The highest BCUT2D eigenvalue weighted by Crippen LogP contribution is 2.36. The van der Waals surface area contributed by atoms with Crippen LogP contribution in [0.4, 0.5) is 11.6 Å². The SMILES string of the molecule is Cc1ccc([C@@H]2C=C(c3ccccc3)N(CC(=O)Nc3ccccc3Cl)c3nnnn32)cc1. The van der Waals surface area contributed by atoms with E-state index in [-0.39, 0.29) is 18.5 Å². The number of nitrogens with one attached hydrogen (secondary N) is 1. The number of carbonyl (C=O) groups is 1. The summed E-state index contributed by atoms with van der Waals surface area (Å²) in [5.41, 5.74) is 4.62. The molecule has 4 aromatic rings. The Morgan fingerprint density at radius 2 is 1.73 bits per heavy atom. The standard InChI is InChI=1S/C25H21ClN6O/c1-17-11-13-19(14-12-17)23-15-22(18-7-3-2-4-8-18)31(25-28-29-30-32(23)25)16-24(33)27-21-10-6-5-9-20(21)26/h2-15,23H,16H2,1H3,(H,27,33)/t23-/m0/s1. The highest BCUT2D eigenvalue weighted by atomic mass is 35.5. The molecule has 1 aliphatic heterocycles. The molecule has 3 aromatic carbocycles. The maximum Gasteiger partial charge on any atom is 0.251 e. The molecule has 1 aromatic heterocycles. The number of nitrogens with zero attached hydrogens (tertiary/aromatic N) is 5. The molecule has 2 heterocycles. The Balaban J connectivity index is 1.53. The first-order valence-corrected chi connectivity index (χ1v) is 10.9. The topological polar surface area (TPSA) is 75.9 Å². The molecule has 0 radical (unpaired) electrons. The van der Waals surface area contributed by atoms with Crippen LogP contribution in [0.2, 0.25) is 5.02 Å². The Labute approximate surface area is 196 Å². The molecule has 0 bridgehead atoms. The third-order valence-electron chi connectivity index (χ3n) is 5.52. The lowest BCUT2D eigenvalue weighted by Gasteiger charge is -2.32. The molecule has 1 amide bonds. The lowest BCUT2D eigenvalue weighted by Crippen LogP contribution is -2.37. The number of carbonyl (C=O) groups excluding carboxylic acids is 1. The van der Waals surface area contributed by atoms with Crippen molar-refractivity contribution in [1.29, 1.82) is 0 Å². The van der Waals surface area contributed by atoms with Gasteiger partial charge in [-0.15, -0.1) is 0 Å². The van der Waals surface area contributed by atoms with Crippen LogP contribution in [-0.2, 0) is 4.79 Å². The maximum absolute atomic E-state index is 13.0. The van der Waals surface area contributed by atoms with Crippen LogP contribution in [0.25, 0.3) is 5.70 Å². The van der Waals surface area contributed by atoms with E-state index in [4.69, 9.17) is 11.6 Å². The first kappa shape index (κ1) is 20.9. The molecule has 0 spiro atoms. The van der Waals surface area contributed by atoms with Crippen molar-refractivity contribution in [2.75, 3.05) is 16.8 Å². The second kappa shape index (κ2) is 8.88. The summed E-state index contributed by atoms with van der Waals surface area (Å²) in [6, 6.07) is 25.1. The van der Waals surface area contributed by atoms with Crippen molar-refractivity contribution in [3.63, 3.8) is 0 Å². The first-order valence-electron chi connectivity index (χ1n) is 10.5. The minimum absolute atomic E-state index is 0.0208. The minimum atomic E-state index is -0.228. The largest absolute Gasteiger partial charge is 0.323 e. The molecule has 0 fully saturated rings. The molecular formula is C25H21ClN6O. The molecule has 1 aliphatic rings. The van der Waals surface area contributed by atoms with Crippen molar-refractivity contribution in [2.45, 2.75) is 13.0 Å². The van der Waals surface area contributed by atoms with Gasteiger partial charge in [-0.3, -0.25) is 9.69 Å². The summed E-state index contributed by atoms with van der Waals surface area (Å²) >= 11 is 6.22. The van der Waals surface area contributed by atoms with E-state index in [1.54, 1.807) is 16.8 Å². The summed E-state index contributed by atoms with van der Waals surface area (Å²) < 4.78 is 1.74. The fourth-order valence-corrected chi connectivity index (χ4v) is 4.06. The van der Waals surface area contributed by atoms with Crippen LogP contribution in [0.3, 0.4) is 0 Å². The number of hydrogen-bond donors (Lipinski definition) is 1. The minimum Gasteiger partial charge on any atom is -0.323 e. The maximum atomic E-state index is 13.0. The Morgan fingerprint density at radius 3 is 2.48 bits per heavy atom. The summed E-state index contributed by atoms with van der Waals surface area (Å²) in [7, 11) is 0. The van der Waals surface area contributed by atoms with Crippen LogP contribution in [0.15, 0.2) is 84.9 Å². The molecule has 33 heavy (non-hydrogen) atoms. The fraction of sp³-hybridized carbons (Fsp3) is 0.120. The Kier molecular flexibility index (Phi) is 5.62. The summed E-state index contributed by atoms with van der Waals surface area (Å²) in [5.74, 6) is 0.268. The monoisotopic (exact) mass is 456 g/mol. The number of rotatable bonds is 5. The van der Waals surface area contributed by atoms with E-state index in [1.165, 1.54) is 5.56 Å². The van der Waals surface area contributed by atoms with E-state index in [0.29, 0.717) is 16.7 Å². The zero-order valence-electron chi connectivity index (χ0n) is 17.9. The molecule has 0 aliphatic carbocycles. The zero-order valence-corrected chi connectivity index (χ0v) is 18.6. The number of aryl methyl sites for hydroxylation is 1. The number of para-hydroxylation sites is 1. The van der Waals surface area contributed by atoms with Gasteiger partial charge >= 0.3 is 0 Å². The lowest BCUT2D eigenvalue weighted by molar-refractivity contribution is -0.114. The van der Waals surface area contributed by atoms with E-state index in [9.17, 15) is 4.79 Å². The zero-order chi connectivity index (χ0) is 22.8. The van der Waals surface area contributed by atoms with Gasteiger partial charge < -0.3 is 5.32 Å². The second-order valence-electron chi connectivity index (χ2n) is 7.81. The highest BCUT2D eigenvalue weighted by Gasteiger charge is 2.32. The second-order valence-corrected chi connectivity index (χ2v) is 8.22. The molecule has 8 heteroatoms. The van der Waals surface area contributed by atoms with Crippen molar-refractivity contribution >= 4 is 34.8 Å². The van der Waals surface area contributed by atoms with Crippen LogP contribution in [-0.4, -0.2) is 32.7 Å². The van der Waals surface area contributed by atoms with Gasteiger partial charge in [-0.1, -0.05) is 89.0 Å².